The molecule has 1 aromatic rings. The normalized spacial score (nSPS) is 20.9. The van der Waals surface area contributed by atoms with Crippen LogP contribution < -0.4 is 5.32 Å². The van der Waals surface area contributed by atoms with E-state index in [1.54, 1.807) is 11.3 Å². The lowest BCUT2D eigenvalue weighted by atomic mass is 9.83. The maximum atomic E-state index is 10.7. The Bertz CT molecular complexity index is 526. The molecule has 4 heteroatoms. The number of aliphatic carboxylic acids is 1. The van der Waals surface area contributed by atoms with Crippen LogP contribution in [0, 0.1) is 0 Å². The van der Waals surface area contributed by atoms with Gasteiger partial charge in [0.25, 0.3) is 0 Å². The van der Waals surface area contributed by atoms with E-state index in [-0.39, 0.29) is 17.5 Å². The van der Waals surface area contributed by atoms with E-state index in [1.807, 2.05) is 12.1 Å². The minimum absolute atomic E-state index is 0.0337. The van der Waals surface area contributed by atoms with Crippen molar-refractivity contribution in [3.05, 3.63) is 28.0 Å². The van der Waals surface area contributed by atoms with E-state index in [4.69, 9.17) is 5.11 Å². The van der Waals surface area contributed by atoms with Crippen LogP contribution in [-0.2, 0) is 11.2 Å². The molecule has 1 aliphatic rings. The second kappa shape index (κ2) is 4.76. The molecule has 0 fully saturated rings. The molecule has 1 aromatic heterocycles. The zero-order valence-electron chi connectivity index (χ0n) is 11.9. The maximum Gasteiger partial charge on any atom is 0.308 e. The lowest BCUT2D eigenvalue weighted by molar-refractivity contribution is -0.136. The van der Waals surface area contributed by atoms with Gasteiger partial charge in [-0.1, -0.05) is 6.08 Å². The fraction of sp³-hybridized carbons (Fsp3) is 0.533. The van der Waals surface area contributed by atoms with E-state index in [2.05, 4.69) is 39.1 Å². The molecule has 2 N–H and O–H groups in total. The van der Waals surface area contributed by atoms with Crippen LogP contribution in [0.3, 0.4) is 0 Å². The molecule has 0 unspecified atom stereocenters. The standard InChI is InChI=1S/C15H21NO2S/c1-14(2)8-10(9-15(3,4)16-14)12-6-5-11(19-12)7-13(17)18/h5-6,8,16H,7,9H2,1-4H3,(H,17,18). The van der Waals surface area contributed by atoms with Gasteiger partial charge in [0.2, 0.25) is 0 Å². The monoisotopic (exact) mass is 279 g/mol. The largest absolute Gasteiger partial charge is 0.481 e. The van der Waals surface area contributed by atoms with Crippen LogP contribution in [0.1, 0.15) is 43.9 Å². The average Bonchev–Trinajstić information content (AvgIpc) is 2.59. The molecule has 2 heterocycles. The van der Waals surface area contributed by atoms with Crippen molar-refractivity contribution < 1.29 is 9.90 Å². The topological polar surface area (TPSA) is 49.3 Å². The molecule has 3 nitrogen and oxygen atoms in total. The fourth-order valence-corrected chi connectivity index (χ4v) is 3.88. The molecule has 0 amide bonds. The number of hydrogen-bond donors (Lipinski definition) is 2. The van der Waals surface area contributed by atoms with Crippen LogP contribution in [-0.4, -0.2) is 22.2 Å². The molecular weight excluding hydrogens is 258 g/mol. The summed E-state index contributed by atoms with van der Waals surface area (Å²) in [4.78, 5) is 12.9. The molecule has 0 saturated heterocycles. The zero-order valence-corrected chi connectivity index (χ0v) is 12.7. The first-order valence-electron chi connectivity index (χ1n) is 6.49. The van der Waals surface area contributed by atoms with Crippen molar-refractivity contribution in [2.24, 2.45) is 0 Å². The van der Waals surface area contributed by atoms with Gasteiger partial charge in [-0.15, -0.1) is 11.3 Å². The molecular formula is C15H21NO2S. The average molecular weight is 279 g/mol. The summed E-state index contributed by atoms with van der Waals surface area (Å²) in [6, 6.07) is 3.98. The third-order valence-electron chi connectivity index (χ3n) is 3.13. The molecule has 19 heavy (non-hydrogen) atoms. The molecule has 0 spiro atoms. The van der Waals surface area contributed by atoms with Crippen molar-refractivity contribution in [3.63, 3.8) is 0 Å². The van der Waals surface area contributed by atoms with E-state index in [1.165, 1.54) is 10.5 Å². The highest BCUT2D eigenvalue weighted by Gasteiger charge is 2.32. The maximum absolute atomic E-state index is 10.7. The van der Waals surface area contributed by atoms with Gasteiger partial charge in [0.05, 0.1) is 6.42 Å². The van der Waals surface area contributed by atoms with Gasteiger partial charge in [0, 0.05) is 20.8 Å². The molecule has 0 aromatic carbocycles. The van der Waals surface area contributed by atoms with Gasteiger partial charge in [-0.2, -0.15) is 0 Å². The third kappa shape index (κ3) is 3.67. The number of thiophene rings is 1. The summed E-state index contributed by atoms with van der Waals surface area (Å²) in [5, 5.41) is 12.4. The predicted octanol–water partition coefficient (Wildman–Crippen LogP) is 3.31. The SMILES string of the molecule is CC1(C)C=C(c2ccc(CC(=O)O)s2)CC(C)(C)N1. The Morgan fingerprint density at radius 3 is 2.63 bits per heavy atom. The molecule has 2 rings (SSSR count). The first-order valence-corrected chi connectivity index (χ1v) is 7.30. The Kier molecular flexibility index (Phi) is 3.58. The number of nitrogens with one attached hydrogen (secondary N) is 1. The van der Waals surface area contributed by atoms with Gasteiger partial charge in [0.1, 0.15) is 0 Å². The van der Waals surface area contributed by atoms with E-state index in [9.17, 15) is 4.79 Å². The second-order valence-electron chi connectivity index (χ2n) is 6.41. The molecule has 0 bridgehead atoms. The van der Waals surface area contributed by atoms with Crippen molar-refractivity contribution in [2.75, 3.05) is 0 Å². The predicted molar refractivity (Wildman–Crippen MR) is 79.5 cm³/mol. The zero-order chi connectivity index (χ0) is 14.3. The highest BCUT2D eigenvalue weighted by atomic mass is 32.1. The minimum atomic E-state index is -0.770. The summed E-state index contributed by atoms with van der Waals surface area (Å²) < 4.78 is 0. The van der Waals surface area contributed by atoms with Gasteiger partial charge in [-0.05, 0) is 51.8 Å². The van der Waals surface area contributed by atoms with Crippen molar-refractivity contribution in [1.82, 2.24) is 5.32 Å². The van der Waals surface area contributed by atoms with Crippen LogP contribution in [0.15, 0.2) is 18.2 Å². The number of carboxylic acids is 1. The van der Waals surface area contributed by atoms with Gasteiger partial charge in [0.15, 0.2) is 0 Å². The first-order chi connectivity index (χ1) is 8.67. The lowest BCUT2D eigenvalue weighted by Gasteiger charge is -2.41. The Hall–Kier alpha value is -1.13. The van der Waals surface area contributed by atoms with Crippen LogP contribution in [0.4, 0.5) is 0 Å². The first kappa shape index (κ1) is 14.3. The molecule has 1 aliphatic heterocycles. The van der Waals surface area contributed by atoms with Crippen molar-refractivity contribution >= 4 is 22.9 Å². The Morgan fingerprint density at radius 2 is 2.05 bits per heavy atom. The molecule has 0 atom stereocenters. The number of hydrogen-bond acceptors (Lipinski definition) is 3. The fourth-order valence-electron chi connectivity index (χ4n) is 2.87. The quantitative estimate of drug-likeness (QED) is 0.892. The van der Waals surface area contributed by atoms with Gasteiger partial charge >= 0.3 is 5.97 Å². The van der Waals surface area contributed by atoms with Gasteiger partial charge in [-0.25, -0.2) is 0 Å². The van der Waals surface area contributed by atoms with Crippen LogP contribution in [0.5, 0.6) is 0 Å². The number of carboxylic acid groups (broad SMARTS) is 1. The summed E-state index contributed by atoms with van der Waals surface area (Å²) in [5.41, 5.74) is 1.34. The summed E-state index contributed by atoms with van der Waals surface area (Å²) >= 11 is 1.59. The third-order valence-corrected chi connectivity index (χ3v) is 4.29. The highest BCUT2D eigenvalue weighted by Crippen LogP contribution is 2.36. The van der Waals surface area contributed by atoms with Crippen molar-refractivity contribution in [2.45, 2.75) is 51.6 Å². The molecule has 0 radical (unpaired) electrons. The lowest BCUT2D eigenvalue weighted by Crippen LogP contribution is -2.53. The van der Waals surface area contributed by atoms with E-state index >= 15 is 0 Å². The van der Waals surface area contributed by atoms with Gasteiger partial charge < -0.3 is 10.4 Å². The smallest absolute Gasteiger partial charge is 0.308 e. The Labute approximate surface area is 118 Å². The molecule has 0 aliphatic carbocycles. The van der Waals surface area contributed by atoms with Crippen LogP contribution in [0.25, 0.3) is 5.57 Å². The molecule has 104 valence electrons. The van der Waals surface area contributed by atoms with E-state index in [0.717, 1.165) is 11.3 Å². The van der Waals surface area contributed by atoms with Crippen LogP contribution >= 0.6 is 11.3 Å². The summed E-state index contributed by atoms with van der Waals surface area (Å²) in [6.07, 6.45) is 3.33. The van der Waals surface area contributed by atoms with Crippen LogP contribution in [0.2, 0.25) is 0 Å². The Balaban J connectivity index is 2.28. The minimum Gasteiger partial charge on any atom is -0.481 e. The van der Waals surface area contributed by atoms with Gasteiger partial charge in [-0.3, -0.25) is 4.79 Å². The van der Waals surface area contributed by atoms with E-state index in [0.29, 0.717) is 0 Å². The van der Waals surface area contributed by atoms with Crippen molar-refractivity contribution in [3.8, 4) is 0 Å². The summed E-state index contributed by atoms with van der Waals surface area (Å²) in [5.74, 6) is -0.770. The Morgan fingerprint density at radius 1 is 1.37 bits per heavy atom. The summed E-state index contributed by atoms with van der Waals surface area (Å²) in [6.45, 7) is 8.74. The number of carbonyl (C=O) groups is 1. The van der Waals surface area contributed by atoms with Crippen molar-refractivity contribution in [1.29, 1.82) is 0 Å². The molecule has 0 saturated carbocycles. The summed E-state index contributed by atoms with van der Waals surface area (Å²) in [7, 11) is 0. The number of rotatable bonds is 3. The highest BCUT2D eigenvalue weighted by molar-refractivity contribution is 7.13. The second-order valence-corrected chi connectivity index (χ2v) is 7.58. The van der Waals surface area contributed by atoms with E-state index < -0.39 is 5.97 Å².